The average Bonchev–Trinajstić information content (AvgIpc) is 2.52. The van der Waals surface area contributed by atoms with E-state index in [1.807, 2.05) is 30.3 Å². The number of hydroxylamine groups is 1. The highest BCUT2D eigenvalue weighted by molar-refractivity contribution is 5.81. The summed E-state index contributed by atoms with van der Waals surface area (Å²) in [6, 6.07) is 9.48. The third-order valence-corrected chi connectivity index (χ3v) is 3.28. The van der Waals surface area contributed by atoms with Crippen LogP contribution in [-0.2, 0) is 25.6 Å². The minimum absolute atomic E-state index is 0.256. The highest BCUT2D eigenvalue weighted by Crippen LogP contribution is 2.22. The lowest BCUT2D eigenvalue weighted by molar-refractivity contribution is -0.160. The van der Waals surface area contributed by atoms with Gasteiger partial charge in [-0.05, 0) is 31.4 Å². The molecule has 0 aliphatic carbocycles. The van der Waals surface area contributed by atoms with Gasteiger partial charge in [-0.3, -0.25) is 4.79 Å². The second-order valence-electron chi connectivity index (χ2n) is 4.80. The number of unbranched alkanes of at least 4 members (excludes halogenated alkanes) is 1. The SMILES string of the molecule is COC(=O)[C@@](CCCCN)(Cc1ccccc1)NOC=O. The number of hydrogen-bond donors (Lipinski definition) is 2. The molecule has 0 fully saturated rings. The molecule has 1 aromatic carbocycles. The zero-order chi connectivity index (χ0) is 15.6. The molecule has 0 saturated carbocycles. The van der Waals surface area contributed by atoms with E-state index in [2.05, 4.69) is 10.3 Å². The fourth-order valence-corrected chi connectivity index (χ4v) is 2.24. The number of benzene rings is 1. The lowest BCUT2D eigenvalue weighted by atomic mass is 9.86. The maximum absolute atomic E-state index is 12.2. The van der Waals surface area contributed by atoms with Crippen LogP contribution in [0.1, 0.15) is 24.8 Å². The lowest BCUT2D eigenvalue weighted by Crippen LogP contribution is -2.54. The molecular formula is C15H22N2O4. The highest BCUT2D eigenvalue weighted by Gasteiger charge is 2.40. The Labute approximate surface area is 124 Å². The average molecular weight is 294 g/mol. The number of ether oxygens (including phenoxy) is 1. The van der Waals surface area contributed by atoms with Crippen LogP contribution >= 0.6 is 0 Å². The van der Waals surface area contributed by atoms with Crippen LogP contribution in [0.15, 0.2) is 30.3 Å². The minimum atomic E-state index is -1.10. The Kier molecular flexibility index (Phi) is 7.42. The number of rotatable bonds is 10. The van der Waals surface area contributed by atoms with Gasteiger partial charge < -0.3 is 15.3 Å². The predicted molar refractivity (Wildman–Crippen MR) is 78.1 cm³/mol. The number of carbonyl (C=O) groups is 2. The molecule has 1 aromatic rings. The van der Waals surface area contributed by atoms with Crippen LogP contribution in [-0.4, -0.2) is 31.6 Å². The molecule has 0 amide bonds. The third kappa shape index (κ3) is 5.17. The van der Waals surface area contributed by atoms with Crippen molar-refractivity contribution in [3.63, 3.8) is 0 Å². The molecule has 116 valence electrons. The van der Waals surface area contributed by atoms with E-state index in [-0.39, 0.29) is 6.47 Å². The van der Waals surface area contributed by atoms with Crippen molar-refractivity contribution in [1.82, 2.24) is 5.48 Å². The van der Waals surface area contributed by atoms with Crippen molar-refractivity contribution < 1.29 is 19.2 Å². The van der Waals surface area contributed by atoms with Gasteiger partial charge in [-0.1, -0.05) is 30.3 Å². The number of esters is 1. The van der Waals surface area contributed by atoms with E-state index in [4.69, 9.17) is 10.5 Å². The van der Waals surface area contributed by atoms with Gasteiger partial charge >= 0.3 is 12.4 Å². The Morgan fingerprint density at radius 1 is 1.33 bits per heavy atom. The number of carbonyl (C=O) groups excluding carboxylic acids is 2. The van der Waals surface area contributed by atoms with Gasteiger partial charge in [-0.2, -0.15) is 0 Å². The molecule has 0 radical (unpaired) electrons. The van der Waals surface area contributed by atoms with Crippen molar-refractivity contribution in [3.8, 4) is 0 Å². The highest BCUT2D eigenvalue weighted by atomic mass is 16.7. The van der Waals surface area contributed by atoms with Crippen molar-refractivity contribution in [1.29, 1.82) is 0 Å². The summed E-state index contributed by atoms with van der Waals surface area (Å²) in [5.41, 5.74) is 7.89. The zero-order valence-corrected chi connectivity index (χ0v) is 12.2. The van der Waals surface area contributed by atoms with Gasteiger partial charge in [0.1, 0.15) is 0 Å². The van der Waals surface area contributed by atoms with Gasteiger partial charge in [-0.15, -0.1) is 5.48 Å². The van der Waals surface area contributed by atoms with Gasteiger partial charge in [-0.25, -0.2) is 4.79 Å². The van der Waals surface area contributed by atoms with Crippen LogP contribution in [0.2, 0.25) is 0 Å². The van der Waals surface area contributed by atoms with Gasteiger partial charge in [0.15, 0.2) is 5.54 Å². The maximum atomic E-state index is 12.2. The van der Waals surface area contributed by atoms with Crippen molar-refractivity contribution in [2.24, 2.45) is 5.73 Å². The number of hydrogen-bond acceptors (Lipinski definition) is 6. The quantitative estimate of drug-likeness (QED) is 0.289. The normalized spacial score (nSPS) is 13.2. The third-order valence-electron chi connectivity index (χ3n) is 3.28. The second-order valence-corrected chi connectivity index (χ2v) is 4.80. The molecule has 0 aromatic heterocycles. The maximum Gasteiger partial charge on any atom is 0.329 e. The first-order valence-electron chi connectivity index (χ1n) is 6.87. The second kappa shape index (κ2) is 9.10. The van der Waals surface area contributed by atoms with Crippen LogP contribution < -0.4 is 11.2 Å². The summed E-state index contributed by atoms with van der Waals surface area (Å²) in [5, 5.41) is 0. The molecule has 0 bridgehead atoms. The lowest BCUT2D eigenvalue weighted by Gasteiger charge is -2.30. The Morgan fingerprint density at radius 2 is 2.05 bits per heavy atom. The number of nitrogens with one attached hydrogen (secondary N) is 1. The Hall–Kier alpha value is -1.92. The van der Waals surface area contributed by atoms with E-state index in [9.17, 15) is 9.59 Å². The van der Waals surface area contributed by atoms with Gasteiger partial charge in [0.05, 0.1) is 7.11 Å². The summed E-state index contributed by atoms with van der Waals surface area (Å²) in [7, 11) is 1.31. The van der Waals surface area contributed by atoms with Gasteiger partial charge in [0, 0.05) is 6.42 Å². The Morgan fingerprint density at radius 3 is 2.62 bits per heavy atom. The summed E-state index contributed by atoms with van der Waals surface area (Å²) < 4.78 is 4.89. The van der Waals surface area contributed by atoms with E-state index in [1.165, 1.54) is 7.11 Å². The molecule has 0 aliphatic rings. The molecule has 3 N–H and O–H groups in total. The van der Waals surface area contributed by atoms with E-state index < -0.39 is 11.5 Å². The first-order chi connectivity index (χ1) is 10.2. The molecule has 21 heavy (non-hydrogen) atoms. The van der Waals surface area contributed by atoms with Crippen molar-refractivity contribution in [3.05, 3.63) is 35.9 Å². The fraction of sp³-hybridized carbons (Fsp3) is 0.467. The Balaban J connectivity index is 2.96. The summed E-state index contributed by atoms with van der Waals surface area (Å²) in [5.74, 6) is -0.467. The summed E-state index contributed by atoms with van der Waals surface area (Å²) in [6.45, 7) is 0.794. The standard InChI is InChI=1S/C15H22N2O4/c1-20-14(19)15(17-21-12-18,9-5-6-10-16)11-13-7-3-2-4-8-13/h2-4,7-8,12,17H,5-6,9-11,16H2,1H3/t15-/m1/s1. The smallest absolute Gasteiger partial charge is 0.329 e. The minimum Gasteiger partial charge on any atom is -0.468 e. The molecule has 0 spiro atoms. The van der Waals surface area contributed by atoms with E-state index in [0.717, 1.165) is 12.0 Å². The Bertz CT molecular complexity index is 439. The molecule has 1 atom stereocenters. The number of methoxy groups -OCH3 is 1. The molecule has 0 heterocycles. The molecule has 6 heteroatoms. The van der Waals surface area contributed by atoms with Crippen molar-refractivity contribution in [2.75, 3.05) is 13.7 Å². The van der Waals surface area contributed by atoms with Crippen molar-refractivity contribution >= 4 is 12.4 Å². The summed E-state index contributed by atoms with van der Waals surface area (Å²) >= 11 is 0. The molecule has 0 aliphatic heterocycles. The molecule has 0 saturated heterocycles. The van der Waals surface area contributed by atoms with Gasteiger partial charge in [0.25, 0.3) is 0 Å². The van der Waals surface area contributed by atoms with Crippen LogP contribution in [0.3, 0.4) is 0 Å². The molecule has 1 rings (SSSR count). The van der Waals surface area contributed by atoms with Crippen LogP contribution in [0.5, 0.6) is 0 Å². The van der Waals surface area contributed by atoms with Crippen LogP contribution in [0, 0.1) is 0 Å². The monoisotopic (exact) mass is 294 g/mol. The predicted octanol–water partition coefficient (Wildman–Crippen LogP) is 0.947. The van der Waals surface area contributed by atoms with Gasteiger partial charge in [0.2, 0.25) is 0 Å². The largest absolute Gasteiger partial charge is 0.468 e. The first kappa shape index (κ1) is 17.1. The summed E-state index contributed by atoms with van der Waals surface area (Å²) in [4.78, 5) is 27.4. The molecular weight excluding hydrogens is 272 g/mol. The van der Waals surface area contributed by atoms with Crippen LogP contribution in [0.4, 0.5) is 0 Å². The summed E-state index contributed by atoms with van der Waals surface area (Å²) in [6.07, 6.45) is 2.31. The van der Waals surface area contributed by atoms with Crippen LogP contribution in [0.25, 0.3) is 0 Å². The number of nitrogens with two attached hydrogens (primary N) is 1. The van der Waals surface area contributed by atoms with E-state index >= 15 is 0 Å². The van der Waals surface area contributed by atoms with E-state index in [0.29, 0.717) is 25.8 Å². The fourth-order valence-electron chi connectivity index (χ4n) is 2.24. The first-order valence-corrected chi connectivity index (χ1v) is 6.87. The topological polar surface area (TPSA) is 90.7 Å². The van der Waals surface area contributed by atoms with E-state index in [1.54, 1.807) is 0 Å². The molecule has 0 unspecified atom stereocenters. The van der Waals surface area contributed by atoms with Crippen molar-refractivity contribution in [2.45, 2.75) is 31.2 Å². The molecule has 6 nitrogen and oxygen atoms in total. The zero-order valence-electron chi connectivity index (χ0n) is 12.2.